The molecule has 0 aliphatic rings. The van der Waals surface area contributed by atoms with Gasteiger partial charge in [0.05, 0.1) is 5.56 Å². The van der Waals surface area contributed by atoms with Gasteiger partial charge in [-0.2, -0.15) is 13.2 Å². The van der Waals surface area contributed by atoms with Crippen LogP contribution in [-0.2, 0) is 6.18 Å². The molecule has 0 unspecified atom stereocenters. The second kappa shape index (κ2) is 4.16. The van der Waals surface area contributed by atoms with Crippen molar-refractivity contribution in [1.82, 2.24) is 4.98 Å². The first kappa shape index (κ1) is 11.6. The number of hydrogen-bond donors (Lipinski definition) is 0. The lowest BCUT2D eigenvalue weighted by atomic mass is 10.0. The van der Waals surface area contributed by atoms with Crippen LogP contribution in [-0.4, -0.2) is 4.98 Å². The third kappa shape index (κ3) is 2.43. The molecule has 0 saturated carbocycles. The molecule has 1 nitrogen and oxygen atoms in total. The Balaban J connectivity index is 2.63. The Morgan fingerprint density at radius 2 is 1.59 bits per heavy atom. The van der Waals surface area contributed by atoms with Crippen LogP contribution < -0.4 is 0 Å². The number of pyridine rings is 1. The Hall–Kier alpha value is -1.91. The van der Waals surface area contributed by atoms with Crippen molar-refractivity contribution in [2.75, 3.05) is 0 Å². The number of alkyl halides is 3. The minimum Gasteiger partial charge on any atom is -0.265 e. The van der Waals surface area contributed by atoms with Crippen LogP contribution in [0.3, 0.4) is 0 Å². The van der Waals surface area contributed by atoms with Gasteiger partial charge in [0.2, 0.25) is 0 Å². The molecule has 0 N–H and O–H groups in total. The molecule has 0 aliphatic carbocycles. The molecule has 0 fully saturated rings. The average Bonchev–Trinajstić information content (AvgIpc) is 2.29. The molecule has 88 valence electrons. The highest BCUT2D eigenvalue weighted by atomic mass is 19.4. The molecule has 0 aliphatic heterocycles. The van der Waals surface area contributed by atoms with E-state index in [1.807, 2.05) is 0 Å². The number of hydrogen-bond acceptors (Lipinski definition) is 1. The molecular formula is C12H7F4N. The van der Waals surface area contributed by atoms with Crippen LogP contribution in [0.5, 0.6) is 0 Å². The highest BCUT2D eigenvalue weighted by Crippen LogP contribution is 2.37. The van der Waals surface area contributed by atoms with E-state index < -0.39 is 17.6 Å². The topological polar surface area (TPSA) is 12.9 Å². The van der Waals surface area contributed by atoms with E-state index in [-0.39, 0.29) is 5.56 Å². The minimum absolute atomic E-state index is 0.0544. The van der Waals surface area contributed by atoms with E-state index in [2.05, 4.69) is 4.98 Å². The Kier molecular flexibility index (Phi) is 2.83. The summed E-state index contributed by atoms with van der Waals surface area (Å²) in [6.07, 6.45) is -1.81. The van der Waals surface area contributed by atoms with E-state index in [1.165, 1.54) is 24.5 Å². The van der Waals surface area contributed by atoms with Crippen molar-refractivity contribution in [3.8, 4) is 11.1 Å². The molecule has 1 aromatic heterocycles. The van der Waals surface area contributed by atoms with Crippen molar-refractivity contribution < 1.29 is 17.6 Å². The highest BCUT2D eigenvalue weighted by molar-refractivity contribution is 5.67. The summed E-state index contributed by atoms with van der Waals surface area (Å²) in [6.45, 7) is 0. The Morgan fingerprint density at radius 3 is 2.18 bits per heavy atom. The van der Waals surface area contributed by atoms with Crippen LogP contribution in [0, 0.1) is 5.82 Å². The summed E-state index contributed by atoms with van der Waals surface area (Å²) in [7, 11) is 0. The minimum atomic E-state index is -4.58. The first-order valence-corrected chi connectivity index (χ1v) is 4.75. The molecular weight excluding hydrogens is 234 g/mol. The molecule has 2 rings (SSSR count). The summed E-state index contributed by atoms with van der Waals surface area (Å²) in [6, 6.07) is 5.51. The van der Waals surface area contributed by atoms with Gasteiger partial charge in [-0.25, -0.2) is 4.39 Å². The smallest absolute Gasteiger partial charge is 0.265 e. The van der Waals surface area contributed by atoms with Gasteiger partial charge in [0.1, 0.15) is 5.82 Å². The SMILES string of the molecule is Fc1ccc(-c2ccncc2)c(C(F)(F)F)c1. The van der Waals surface area contributed by atoms with Crippen LogP contribution in [0.15, 0.2) is 42.7 Å². The van der Waals surface area contributed by atoms with Crippen LogP contribution in [0.2, 0.25) is 0 Å². The normalized spacial score (nSPS) is 11.5. The Labute approximate surface area is 94.7 Å². The van der Waals surface area contributed by atoms with Gasteiger partial charge in [-0.3, -0.25) is 4.98 Å². The van der Waals surface area contributed by atoms with E-state index in [9.17, 15) is 17.6 Å². The third-order valence-corrected chi connectivity index (χ3v) is 2.28. The van der Waals surface area contributed by atoms with Crippen molar-refractivity contribution >= 4 is 0 Å². The maximum Gasteiger partial charge on any atom is 0.417 e. The summed E-state index contributed by atoms with van der Waals surface area (Å²) >= 11 is 0. The van der Waals surface area contributed by atoms with Gasteiger partial charge in [0, 0.05) is 12.4 Å². The van der Waals surface area contributed by atoms with E-state index in [0.717, 1.165) is 12.1 Å². The lowest BCUT2D eigenvalue weighted by molar-refractivity contribution is -0.137. The quantitative estimate of drug-likeness (QED) is 0.690. The van der Waals surface area contributed by atoms with Crippen LogP contribution in [0.1, 0.15) is 5.56 Å². The second-order valence-corrected chi connectivity index (χ2v) is 3.42. The van der Waals surface area contributed by atoms with Crippen LogP contribution >= 0.6 is 0 Å². The maximum atomic E-state index is 12.9. The zero-order valence-corrected chi connectivity index (χ0v) is 8.50. The van der Waals surface area contributed by atoms with Crippen LogP contribution in [0.25, 0.3) is 11.1 Å². The van der Waals surface area contributed by atoms with Crippen molar-refractivity contribution in [2.45, 2.75) is 6.18 Å². The fourth-order valence-electron chi connectivity index (χ4n) is 1.53. The monoisotopic (exact) mass is 241 g/mol. The Morgan fingerprint density at radius 1 is 0.941 bits per heavy atom. The molecule has 17 heavy (non-hydrogen) atoms. The zero-order valence-electron chi connectivity index (χ0n) is 8.50. The third-order valence-electron chi connectivity index (χ3n) is 2.28. The van der Waals surface area contributed by atoms with E-state index in [0.29, 0.717) is 11.6 Å². The number of aromatic nitrogens is 1. The van der Waals surface area contributed by atoms with E-state index >= 15 is 0 Å². The highest BCUT2D eigenvalue weighted by Gasteiger charge is 2.34. The summed E-state index contributed by atoms with van der Waals surface area (Å²) in [4.78, 5) is 3.72. The Bertz CT molecular complexity index is 520. The van der Waals surface area contributed by atoms with Crippen molar-refractivity contribution in [2.24, 2.45) is 0 Å². The van der Waals surface area contributed by atoms with Crippen molar-refractivity contribution in [3.05, 3.63) is 54.1 Å². The molecule has 0 radical (unpaired) electrons. The molecule has 1 aromatic carbocycles. The fraction of sp³-hybridized carbons (Fsp3) is 0.0833. The lowest BCUT2D eigenvalue weighted by Crippen LogP contribution is -2.07. The number of nitrogens with zero attached hydrogens (tertiary/aromatic N) is 1. The molecule has 0 saturated heterocycles. The first-order valence-electron chi connectivity index (χ1n) is 4.75. The zero-order chi connectivity index (χ0) is 12.5. The van der Waals surface area contributed by atoms with Gasteiger partial charge in [0.25, 0.3) is 0 Å². The summed E-state index contributed by atoms with van der Waals surface area (Å²) in [5.41, 5.74) is -0.683. The average molecular weight is 241 g/mol. The van der Waals surface area contributed by atoms with Gasteiger partial charge < -0.3 is 0 Å². The molecule has 5 heteroatoms. The lowest BCUT2D eigenvalue weighted by Gasteiger charge is -2.12. The van der Waals surface area contributed by atoms with E-state index in [1.54, 1.807) is 0 Å². The van der Waals surface area contributed by atoms with Crippen molar-refractivity contribution in [1.29, 1.82) is 0 Å². The van der Waals surface area contributed by atoms with Crippen LogP contribution in [0.4, 0.5) is 17.6 Å². The van der Waals surface area contributed by atoms with Crippen molar-refractivity contribution in [3.63, 3.8) is 0 Å². The molecule has 0 spiro atoms. The number of benzene rings is 1. The summed E-state index contributed by atoms with van der Waals surface area (Å²) in [5, 5.41) is 0. The molecule has 0 bridgehead atoms. The fourth-order valence-corrected chi connectivity index (χ4v) is 1.53. The molecule has 0 amide bonds. The largest absolute Gasteiger partial charge is 0.417 e. The summed E-state index contributed by atoms with van der Waals surface area (Å²) in [5.74, 6) is -0.907. The molecule has 0 atom stereocenters. The van der Waals surface area contributed by atoms with Gasteiger partial charge in [-0.15, -0.1) is 0 Å². The maximum absolute atomic E-state index is 12.9. The second-order valence-electron chi connectivity index (χ2n) is 3.42. The standard InChI is InChI=1S/C12H7F4N/c13-9-1-2-10(8-3-5-17-6-4-8)11(7-9)12(14,15)16/h1-7H. The van der Waals surface area contributed by atoms with Gasteiger partial charge in [-0.1, -0.05) is 6.07 Å². The van der Waals surface area contributed by atoms with E-state index in [4.69, 9.17) is 0 Å². The predicted molar refractivity (Wildman–Crippen MR) is 54.6 cm³/mol. The van der Waals surface area contributed by atoms with Gasteiger partial charge in [-0.05, 0) is 35.4 Å². The first-order chi connectivity index (χ1) is 7.98. The predicted octanol–water partition coefficient (Wildman–Crippen LogP) is 3.91. The number of halogens is 4. The molecule has 2 aromatic rings. The van der Waals surface area contributed by atoms with Gasteiger partial charge >= 0.3 is 6.18 Å². The summed E-state index contributed by atoms with van der Waals surface area (Å²) < 4.78 is 51.1. The molecule has 1 heterocycles. The number of rotatable bonds is 1. The van der Waals surface area contributed by atoms with Gasteiger partial charge in [0.15, 0.2) is 0 Å².